The van der Waals surface area contributed by atoms with Crippen LogP contribution in [0.25, 0.3) is 0 Å². The van der Waals surface area contributed by atoms with Crippen LogP contribution in [0.1, 0.15) is 6.92 Å². The number of nitrogens with two attached hydrogens (primary N) is 1. The van der Waals surface area contributed by atoms with Gasteiger partial charge in [-0.05, 0) is 31.2 Å². The maximum absolute atomic E-state index is 11.4. The Balaban J connectivity index is 3.17. The van der Waals surface area contributed by atoms with E-state index in [9.17, 15) is 8.42 Å². The molecule has 0 saturated carbocycles. The highest BCUT2D eigenvalue weighted by Crippen LogP contribution is 2.13. The first kappa shape index (κ1) is 9.80. The second-order valence-corrected chi connectivity index (χ2v) is 4.42. The molecule has 3 nitrogen and oxygen atoms in total. The predicted octanol–water partition coefficient (Wildman–Crippen LogP) is 1.58. The number of nitrogen functional groups attached to an aromatic ring is 1. The minimum absolute atomic E-state index is 0.264. The van der Waals surface area contributed by atoms with Gasteiger partial charge in [-0.15, -0.1) is 0 Å². The van der Waals surface area contributed by atoms with Gasteiger partial charge in [-0.2, -0.15) is 0 Å². The summed E-state index contributed by atoms with van der Waals surface area (Å²) in [5.41, 5.74) is 5.99. The quantitative estimate of drug-likeness (QED) is 0.732. The molecule has 0 spiro atoms. The third kappa shape index (κ3) is 2.32. The van der Waals surface area contributed by atoms with E-state index in [0.717, 1.165) is 0 Å². The maximum atomic E-state index is 11.4. The molecule has 1 aromatic carbocycles. The second-order valence-electron chi connectivity index (χ2n) is 2.58. The van der Waals surface area contributed by atoms with Crippen LogP contribution >= 0.6 is 0 Å². The van der Waals surface area contributed by atoms with E-state index >= 15 is 0 Å². The molecule has 0 heterocycles. The topological polar surface area (TPSA) is 60.2 Å². The molecule has 0 aliphatic carbocycles. The minimum Gasteiger partial charge on any atom is -0.399 e. The minimum atomic E-state index is -3.26. The van der Waals surface area contributed by atoms with Gasteiger partial charge in [0.2, 0.25) is 0 Å². The lowest BCUT2D eigenvalue weighted by Crippen LogP contribution is -1.96. The lowest BCUT2D eigenvalue weighted by molar-refractivity contribution is 0.604. The van der Waals surface area contributed by atoms with Gasteiger partial charge < -0.3 is 5.73 Å². The van der Waals surface area contributed by atoms with E-state index in [1.54, 1.807) is 19.1 Å². The van der Waals surface area contributed by atoms with Crippen LogP contribution in [0.2, 0.25) is 0 Å². The van der Waals surface area contributed by atoms with E-state index in [4.69, 9.17) is 5.73 Å². The van der Waals surface area contributed by atoms with Gasteiger partial charge in [-0.1, -0.05) is 6.08 Å². The summed E-state index contributed by atoms with van der Waals surface area (Å²) in [6, 6.07) is 6.11. The molecule has 1 aromatic rings. The van der Waals surface area contributed by atoms with Crippen LogP contribution < -0.4 is 5.73 Å². The van der Waals surface area contributed by atoms with Gasteiger partial charge in [0.15, 0.2) is 9.84 Å². The summed E-state index contributed by atoms with van der Waals surface area (Å²) in [6.45, 7) is 1.66. The molecule has 0 aliphatic rings. The number of anilines is 1. The zero-order chi connectivity index (χ0) is 9.90. The molecule has 0 fully saturated rings. The molecule has 0 bridgehead atoms. The predicted molar refractivity (Wildman–Crippen MR) is 52.9 cm³/mol. The first-order valence-electron chi connectivity index (χ1n) is 3.79. The summed E-state index contributed by atoms with van der Waals surface area (Å²) in [5, 5.41) is 1.17. The van der Waals surface area contributed by atoms with Crippen LogP contribution in [0.3, 0.4) is 0 Å². The van der Waals surface area contributed by atoms with E-state index in [0.29, 0.717) is 5.69 Å². The summed E-state index contributed by atoms with van der Waals surface area (Å²) in [4.78, 5) is 0.264. The van der Waals surface area contributed by atoms with Crippen LogP contribution in [-0.2, 0) is 9.84 Å². The van der Waals surface area contributed by atoms with E-state index < -0.39 is 9.84 Å². The van der Waals surface area contributed by atoms with Crippen molar-refractivity contribution in [2.24, 2.45) is 0 Å². The van der Waals surface area contributed by atoms with Crippen molar-refractivity contribution < 1.29 is 8.42 Å². The van der Waals surface area contributed by atoms with Crippen LogP contribution in [0.15, 0.2) is 40.6 Å². The summed E-state index contributed by atoms with van der Waals surface area (Å²) in [6.07, 6.45) is 1.49. The van der Waals surface area contributed by atoms with Gasteiger partial charge in [0.1, 0.15) is 0 Å². The van der Waals surface area contributed by atoms with Crippen molar-refractivity contribution in [3.63, 3.8) is 0 Å². The second kappa shape index (κ2) is 3.62. The molecular formula is C9H11NO2S. The molecule has 70 valence electrons. The number of hydrogen-bond acceptors (Lipinski definition) is 3. The number of allylic oxidation sites excluding steroid dienone is 1. The molecule has 0 atom stereocenters. The molecule has 0 amide bonds. The fourth-order valence-corrected chi connectivity index (χ4v) is 1.95. The molecule has 0 aromatic heterocycles. The summed E-state index contributed by atoms with van der Waals surface area (Å²) in [5.74, 6) is 0. The Morgan fingerprint density at radius 3 is 2.23 bits per heavy atom. The first-order chi connectivity index (χ1) is 6.06. The van der Waals surface area contributed by atoms with Gasteiger partial charge in [0, 0.05) is 11.1 Å². The van der Waals surface area contributed by atoms with Crippen LogP contribution in [0.4, 0.5) is 5.69 Å². The average Bonchev–Trinajstić information content (AvgIpc) is 2.05. The van der Waals surface area contributed by atoms with E-state index in [-0.39, 0.29) is 4.90 Å². The number of benzene rings is 1. The summed E-state index contributed by atoms with van der Waals surface area (Å²) in [7, 11) is -3.26. The molecular weight excluding hydrogens is 186 g/mol. The van der Waals surface area contributed by atoms with E-state index in [1.807, 2.05) is 0 Å². The monoisotopic (exact) mass is 197 g/mol. The van der Waals surface area contributed by atoms with Crippen molar-refractivity contribution in [1.82, 2.24) is 0 Å². The third-order valence-corrected chi connectivity index (χ3v) is 3.08. The molecule has 1 rings (SSSR count). The highest BCUT2D eigenvalue weighted by atomic mass is 32.2. The van der Waals surface area contributed by atoms with E-state index in [2.05, 4.69) is 0 Å². The fraction of sp³-hybridized carbons (Fsp3) is 0.111. The van der Waals surface area contributed by atoms with Crippen LogP contribution in [-0.4, -0.2) is 8.42 Å². The van der Waals surface area contributed by atoms with Gasteiger partial charge in [-0.25, -0.2) is 8.42 Å². The van der Waals surface area contributed by atoms with E-state index in [1.165, 1.54) is 23.6 Å². The summed E-state index contributed by atoms with van der Waals surface area (Å²) >= 11 is 0. The Bertz CT molecular complexity index is 404. The van der Waals surface area contributed by atoms with Gasteiger partial charge in [-0.3, -0.25) is 0 Å². The molecule has 0 radical (unpaired) electrons. The SMILES string of the molecule is C/C=C/S(=O)(=O)c1ccc(N)cc1. The molecule has 0 aliphatic heterocycles. The first-order valence-corrected chi connectivity index (χ1v) is 5.34. The molecule has 4 heteroatoms. The van der Waals surface area contributed by atoms with Crippen molar-refractivity contribution in [3.05, 3.63) is 35.7 Å². The van der Waals surface area contributed by atoms with Gasteiger partial charge in [0.05, 0.1) is 4.90 Å². The van der Waals surface area contributed by atoms with Crippen molar-refractivity contribution in [2.75, 3.05) is 5.73 Å². The Kier molecular flexibility index (Phi) is 2.72. The van der Waals surface area contributed by atoms with Crippen molar-refractivity contribution in [1.29, 1.82) is 0 Å². The Morgan fingerprint density at radius 2 is 1.77 bits per heavy atom. The molecule has 0 saturated heterocycles. The lowest BCUT2D eigenvalue weighted by atomic mass is 10.3. The zero-order valence-corrected chi connectivity index (χ0v) is 8.08. The lowest BCUT2D eigenvalue weighted by Gasteiger charge is -1.98. The van der Waals surface area contributed by atoms with Crippen LogP contribution in [0, 0.1) is 0 Å². The highest BCUT2D eigenvalue weighted by molar-refractivity contribution is 7.94. The third-order valence-electron chi connectivity index (χ3n) is 1.52. The normalized spacial score (nSPS) is 12.1. The Hall–Kier alpha value is -1.29. The largest absolute Gasteiger partial charge is 0.399 e. The molecule has 13 heavy (non-hydrogen) atoms. The van der Waals surface area contributed by atoms with Crippen molar-refractivity contribution in [2.45, 2.75) is 11.8 Å². The maximum Gasteiger partial charge on any atom is 0.199 e. The summed E-state index contributed by atoms with van der Waals surface area (Å²) < 4.78 is 22.8. The standard InChI is InChI=1S/C9H11NO2S/c1-2-7-13(11,12)9-5-3-8(10)4-6-9/h2-7H,10H2,1H3/b7-2+. The molecule has 2 N–H and O–H groups in total. The Morgan fingerprint density at radius 1 is 1.23 bits per heavy atom. The smallest absolute Gasteiger partial charge is 0.199 e. The zero-order valence-electron chi connectivity index (χ0n) is 7.27. The highest BCUT2D eigenvalue weighted by Gasteiger charge is 2.08. The fourth-order valence-electron chi connectivity index (χ4n) is 0.915. The van der Waals surface area contributed by atoms with Crippen molar-refractivity contribution in [3.8, 4) is 0 Å². The van der Waals surface area contributed by atoms with Crippen molar-refractivity contribution >= 4 is 15.5 Å². The molecule has 0 unspecified atom stereocenters. The Labute approximate surface area is 77.8 Å². The van der Waals surface area contributed by atoms with Gasteiger partial charge in [0.25, 0.3) is 0 Å². The average molecular weight is 197 g/mol. The number of hydrogen-bond donors (Lipinski definition) is 1. The van der Waals surface area contributed by atoms with Crippen LogP contribution in [0.5, 0.6) is 0 Å². The van der Waals surface area contributed by atoms with Gasteiger partial charge >= 0.3 is 0 Å². The number of rotatable bonds is 2. The number of sulfone groups is 1.